The van der Waals surface area contributed by atoms with Gasteiger partial charge in [0.25, 0.3) is 11.8 Å². The fraction of sp³-hybridized carbons (Fsp3) is 0.818. The number of likely N-dealkylation sites (N-methyl/N-ethyl adjacent to an activating group) is 1. The third kappa shape index (κ3) is 1.31. The summed E-state index contributed by atoms with van der Waals surface area (Å²) >= 11 is 0. The van der Waals surface area contributed by atoms with E-state index in [2.05, 4.69) is 0 Å². The number of hydrogen-bond donors (Lipinski definition) is 0. The number of hydrogen-bond acceptors (Lipinski definition) is 2. The van der Waals surface area contributed by atoms with Gasteiger partial charge in [0.2, 0.25) is 0 Å². The zero-order valence-electron chi connectivity index (χ0n) is 9.86. The van der Waals surface area contributed by atoms with Gasteiger partial charge in [-0.2, -0.15) is 0 Å². The molecule has 0 N–H and O–H groups in total. The van der Waals surface area contributed by atoms with Crippen molar-refractivity contribution >= 4 is 11.8 Å². The van der Waals surface area contributed by atoms with Gasteiger partial charge in [0.05, 0.1) is 20.5 Å². The van der Waals surface area contributed by atoms with Crippen molar-refractivity contribution in [3.63, 3.8) is 0 Å². The number of carbonyl (C=O) groups excluding carboxylic acids is 2. The van der Waals surface area contributed by atoms with Crippen molar-refractivity contribution in [2.24, 2.45) is 5.92 Å². The molecule has 0 aromatic carbocycles. The van der Waals surface area contributed by atoms with Crippen LogP contribution >= 0.6 is 0 Å². The molecule has 3 rings (SSSR count). The topological polar surface area (TPSA) is 37.4 Å². The van der Waals surface area contributed by atoms with Crippen molar-refractivity contribution in [2.45, 2.75) is 32.4 Å². The highest BCUT2D eigenvalue weighted by Gasteiger charge is 2.64. The SMILES string of the molecule is CC(C)CN1C(=O)C2CC(C1=O)[N+]2(C)C. The molecule has 15 heavy (non-hydrogen) atoms. The smallest absolute Gasteiger partial charge is 0.288 e. The standard InChI is InChI=1S/C11H19N2O2/c1-7(2)6-12-10(14)8-5-9(11(12)15)13(8,3)4/h7-9H,5-6H2,1-4H3/q+1. The Balaban J connectivity index is 2.20. The molecule has 3 aliphatic heterocycles. The van der Waals surface area contributed by atoms with Crippen molar-refractivity contribution in [3.8, 4) is 0 Å². The number of piperazine rings is 1. The molecule has 84 valence electrons. The van der Waals surface area contributed by atoms with Gasteiger partial charge in [-0.3, -0.25) is 14.5 Å². The van der Waals surface area contributed by atoms with E-state index >= 15 is 0 Å². The first kappa shape index (κ1) is 10.6. The second kappa shape index (κ2) is 3.04. The molecule has 0 aromatic heterocycles. The Kier molecular flexibility index (Phi) is 2.15. The third-order valence-electron chi connectivity index (χ3n) is 3.70. The van der Waals surface area contributed by atoms with Crippen molar-refractivity contribution in [2.75, 3.05) is 20.6 Å². The number of nitrogens with zero attached hydrogens (tertiary/aromatic N) is 2. The van der Waals surface area contributed by atoms with Gasteiger partial charge in [-0.05, 0) is 5.92 Å². The highest BCUT2D eigenvalue weighted by Crippen LogP contribution is 2.38. The van der Waals surface area contributed by atoms with E-state index < -0.39 is 0 Å². The zero-order chi connectivity index (χ0) is 11.4. The molecular weight excluding hydrogens is 192 g/mol. The molecule has 3 aliphatic rings. The molecule has 3 saturated heterocycles. The molecule has 0 aliphatic carbocycles. The quantitative estimate of drug-likeness (QED) is 0.484. The van der Waals surface area contributed by atoms with E-state index in [1.165, 1.54) is 4.90 Å². The summed E-state index contributed by atoms with van der Waals surface area (Å²) in [4.78, 5) is 25.5. The molecule has 0 spiro atoms. The average Bonchev–Trinajstić information content (AvgIpc) is 2.09. The van der Waals surface area contributed by atoms with E-state index in [0.29, 0.717) is 16.9 Å². The van der Waals surface area contributed by atoms with Gasteiger partial charge < -0.3 is 4.48 Å². The van der Waals surface area contributed by atoms with Crippen LogP contribution in [0.5, 0.6) is 0 Å². The van der Waals surface area contributed by atoms with Crippen LogP contribution in [-0.4, -0.2) is 53.9 Å². The molecule has 3 fully saturated rings. The molecule has 2 amide bonds. The van der Waals surface area contributed by atoms with Gasteiger partial charge in [-0.25, -0.2) is 0 Å². The van der Waals surface area contributed by atoms with Crippen LogP contribution in [0.4, 0.5) is 0 Å². The Morgan fingerprint density at radius 2 is 1.73 bits per heavy atom. The molecule has 4 heteroatoms. The van der Waals surface area contributed by atoms with Gasteiger partial charge in [-0.15, -0.1) is 0 Å². The lowest BCUT2D eigenvalue weighted by molar-refractivity contribution is -0.965. The number of piperidine rings is 1. The third-order valence-corrected chi connectivity index (χ3v) is 3.70. The summed E-state index contributed by atoms with van der Waals surface area (Å²) in [5.74, 6) is 0.411. The Morgan fingerprint density at radius 1 is 1.27 bits per heavy atom. The molecule has 2 bridgehead atoms. The van der Waals surface area contributed by atoms with Crippen LogP contribution in [0, 0.1) is 5.92 Å². The van der Waals surface area contributed by atoms with Crippen molar-refractivity contribution in [1.29, 1.82) is 0 Å². The van der Waals surface area contributed by atoms with Gasteiger partial charge in [-0.1, -0.05) is 13.8 Å². The van der Waals surface area contributed by atoms with Crippen LogP contribution in [0.3, 0.4) is 0 Å². The lowest BCUT2D eigenvalue weighted by Gasteiger charge is -2.57. The van der Waals surface area contributed by atoms with Crippen LogP contribution in [0.15, 0.2) is 0 Å². The number of amides is 2. The Bertz CT molecular complexity index is 299. The highest BCUT2D eigenvalue weighted by molar-refractivity contribution is 6.04. The maximum absolute atomic E-state index is 12.0. The molecule has 2 atom stereocenters. The van der Waals surface area contributed by atoms with E-state index in [4.69, 9.17) is 0 Å². The first-order valence-corrected chi connectivity index (χ1v) is 5.54. The fourth-order valence-corrected chi connectivity index (χ4v) is 2.62. The van der Waals surface area contributed by atoms with Gasteiger partial charge >= 0.3 is 0 Å². The Hall–Kier alpha value is -0.900. The largest absolute Gasteiger partial charge is 0.308 e. The summed E-state index contributed by atoms with van der Waals surface area (Å²) in [5, 5.41) is 0. The molecule has 4 nitrogen and oxygen atoms in total. The highest BCUT2D eigenvalue weighted by atomic mass is 16.2. The van der Waals surface area contributed by atoms with Crippen LogP contribution in [0.2, 0.25) is 0 Å². The maximum Gasteiger partial charge on any atom is 0.288 e. The van der Waals surface area contributed by atoms with Gasteiger partial charge in [0.15, 0.2) is 12.1 Å². The van der Waals surface area contributed by atoms with Gasteiger partial charge in [0.1, 0.15) is 0 Å². The number of imide groups is 1. The number of fused-ring (bicyclic) bond motifs is 2. The lowest BCUT2D eigenvalue weighted by atomic mass is 9.83. The van der Waals surface area contributed by atoms with Crippen molar-refractivity contribution < 1.29 is 14.1 Å². The first-order chi connectivity index (χ1) is 6.85. The average molecular weight is 211 g/mol. The predicted molar refractivity (Wildman–Crippen MR) is 55.9 cm³/mol. The summed E-state index contributed by atoms with van der Waals surface area (Å²) in [5.41, 5.74) is 0. The summed E-state index contributed by atoms with van der Waals surface area (Å²) in [7, 11) is 3.95. The minimum absolute atomic E-state index is 0.0199. The van der Waals surface area contributed by atoms with E-state index in [-0.39, 0.29) is 23.9 Å². The minimum Gasteiger partial charge on any atom is -0.308 e. The van der Waals surface area contributed by atoms with Crippen molar-refractivity contribution in [3.05, 3.63) is 0 Å². The van der Waals surface area contributed by atoms with Crippen LogP contribution in [0.25, 0.3) is 0 Å². The second-order valence-corrected chi connectivity index (χ2v) is 5.58. The lowest BCUT2D eigenvalue weighted by Crippen LogP contribution is -2.80. The van der Waals surface area contributed by atoms with E-state index in [0.717, 1.165) is 6.42 Å². The molecular formula is C11H19N2O2+. The molecule has 0 aromatic rings. The zero-order valence-corrected chi connectivity index (χ0v) is 9.86. The monoisotopic (exact) mass is 211 g/mol. The molecule has 0 radical (unpaired) electrons. The van der Waals surface area contributed by atoms with Crippen LogP contribution in [0.1, 0.15) is 20.3 Å². The number of rotatable bonds is 2. The Labute approximate surface area is 90.4 Å². The summed E-state index contributed by atoms with van der Waals surface area (Å²) in [6, 6.07) is 0.0397. The van der Waals surface area contributed by atoms with Gasteiger partial charge in [0, 0.05) is 6.54 Å². The number of carbonyl (C=O) groups is 2. The fourth-order valence-electron chi connectivity index (χ4n) is 2.62. The Morgan fingerprint density at radius 3 is 2.07 bits per heavy atom. The summed E-state index contributed by atoms with van der Waals surface area (Å²) < 4.78 is 0.562. The normalized spacial score (nSPS) is 33.3. The van der Waals surface area contributed by atoms with E-state index in [1.54, 1.807) is 0 Å². The van der Waals surface area contributed by atoms with E-state index in [9.17, 15) is 9.59 Å². The minimum atomic E-state index is 0.0199. The first-order valence-electron chi connectivity index (χ1n) is 5.54. The summed E-state index contributed by atoms with van der Waals surface area (Å²) in [6.45, 7) is 4.63. The maximum atomic E-state index is 12.0. The van der Waals surface area contributed by atoms with Crippen LogP contribution < -0.4 is 0 Å². The van der Waals surface area contributed by atoms with Crippen molar-refractivity contribution in [1.82, 2.24) is 4.90 Å². The second-order valence-electron chi connectivity index (χ2n) is 5.58. The molecule has 3 heterocycles. The molecule has 2 unspecified atom stereocenters. The molecule has 0 saturated carbocycles. The van der Waals surface area contributed by atoms with E-state index in [1.807, 2.05) is 27.9 Å². The predicted octanol–water partition coefficient (Wildman–Crippen LogP) is 0.228. The summed E-state index contributed by atoms with van der Waals surface area (Å²) in [6.07, 6.45) is 0.749. The van der Waals surface area contributed by atoms with Crippen LogP contribution in [-0.2, 0) is 9.59 Å². The number of quaternary nitrogens is 1.